The van der Waals surface area contributed by atoms with E-state index in [2.05, 4.69) is 10.2 Å². The van der Waals surface area contributed by atoms with Crippen molar-refractivity contribution in [3.8, 4) is 0 Å². The second kappa shape index (κ2) is 2.82. The van der Waals surface area contributed by atoms with Crippen molar-refractivity contribution in [3.63, 3.8) is 0 Å². The Kier molecular flexibility index (Phi) is 1.84. The average Bonchev–Trinajstić information content (AvgIpc) is 2.04. The number of hydrogen-bond donors (Lipinski definition) is 0. The van der Waals surface area contributed by atoms with Crippen molar-refractivity contribution in [2.24, 2.45) is 0 Å². The first-order valence-corrected chi connectivity index (χ1v) is 2.59. The van der Waals surface area contributed by atoms with Crippen LogP contribution < -0.4 is 0 Å². The Hall–Kier alpha value is -1.58. The van der Waals surface area contributed by atoms with Crippen LogP contribution in [0.3, 0.4) is 0 Å². The smallest absolute Gasteiger partial charge is 0.152 e. The molecule has 0 saturated heterocycles. The molecule has 0 atom stereocenters. The van der Waals surface area contributed by atoms with Crippen LogP contribution in [0.15, 0.2) is 12.4 Å². The van der Waals surface area contributed by atoms with Crippen molar-refractivity contribution >= 4 is 12.6 Å². The Bertz CT molecular complexity index is 233. The highest BCUT2D eigenvalue weighted by Crippen LogP contribution is 1.96. The Labute approximate surface area is 56.9 Å². The van der Waals surface area contributed by atoms with E-state index in [1.807, 2.05) is 0 Å². The Morgan fingerprint density at radius 3 is 1.70 bits per heavy atom. The molecule has 0 bridgehead atoms. The second-order valence-electron chi connectivity index (χ2n) is 1.64. The molecule has 0 amide bonds. The van der Waals surface area contributed by atoms with Crippen molar-refractivity contribution in [2.75, 3.05) is 0 Å². The molecule has 1 aromatic rings. The molecular formula is C6H4N2O2. The van der Waals surface area contributed by atoms with Crippen molar-refractivity contribution in [1.29, 1.82) is 0 Å². The van der Waals surface area contributed by atoms with Gasteiger partial charge in [-0.25, -0.2) is 0 Å². The quantitative estimate of drug-likeness (QED) is 0.541. The van der Waals surface area contributed by atoms with E-state index < -0.39 is 0 Å². The summed E-state index contributed by atoms with van der Waals surface area (Å²) in [5.74, 6) is 0. The van der Waals surface area contributed by atoms with Gasteiger partial charge in [0.05, 0.1) is 12.4 Å². The Morgan fingerprint density at radius 1 is 1.00 bits per heavy atom. The Balaban J connectivity index is 3.20. The molecule has 10 heavy (non-hydrogen) atoms. The number of aldehydes is 2. The summed E-state index contributed by atoms with van der Waals surface area (Å²) >= 11 is 0. The monoisotopic (exact) mass is 136 g/mol. The summed E-state index contributed by atoms with van der Waals surface area (Å²) in [7, 11) is 0. The van der Waals surface area contributed by atoms with Crippen molar-refractivity contribution in [3.05, 3.63) is 23.5 Å². The molecule has 0 saturated carbocycles. The van der Waals surface area contributed by atoms with Gasteiger partial charge < -0.3 is 0 Å². The number of hydrogen-bond acceptors (Lipinski definition) is 4. The first-order chi connectivity index (χ1) is 4.88. The fourth-order valence-electron chi connectivity index (χ4n) is 0.537. The van der Waals surface area contributed by atoms with Gasteiger partial charge in [0, 0.05) is 11.1 Å². The van der Waals surface area contributed by atoms with Gasteiger partial charge >= 0.3 is 0 Å². The van der Waals surface area contributed by atoms with E-state index in [-0.39, 0.29) is 11.1 Å². The molecule has 0 spiro atoms. The van der Waals surface area contributed by atoms with Crippen LogP contribution in [0.2, 0.25) is 0 Å². The molecule has 4 heteroatoms. The fourth-order valence-corrected chi connectivity index (χ4v) is 0.537. The van der Waals surface area contributed by atoms with Crippen molar-refractivity contribution in [1.82, 2.24) is 10.2 Å². The van der Waals surface area contributed by atoms with Crippen LogP contribution in [0, 0.1) is 0 Å². The Morgan fingerprint density at radius 2 is 1.40 bits per heavy atom. The van der Waals surface area contributed by atoms with E-state index in [9.17, 15) is 9.59 Å². The lowest BCUT2D eigenvalue weighted by atomic mass is 10.2. The maximum Gasteiger partial charge on any atom is 0.152 e. The van der Waals surface area contributed by atoms with Gasteiger partial charge in [0.15, 0.2) is 12.6 Å². The van der Waals surface area contributed by atoms with Gasteiger partial charge in [-0.05, 0) is 0 Å². The molecule has 0 aliphatic carbocycles. The summed E-state index contributed by atoms with van der Waals surface area (Å²) < 4.78 is 0. The molecule has 0 N–H and O–H groups in total. The molecule has 4 nitrogen and oxygen atoms in total. The summed E-state index contributed by atoms with van der Waals surface area (Å²) in [6, 6.07) is 0. The zero-order chi connectivity index (χ0) is 7.40. The molecule has 0 aliphatic rings. The summed E-state index contributed by atoms with van der Waals surface area (Å²) in [6.45, 7) is 0. The number of carbonyl (C=O) groups is 2. The molecule has 1 aromatic heterocycles. The number of nitrogens with zero attached hydrogens (tertiary/aromatic N) is 2. The molecule has 0 aromatic carbocycles. The van der Waals surface area contributed by atoms with E-state index in [0.717, 1.165) is 0 Å². The van der Waals surface area contributed by atoms with Crippen LogP contribution in [0.4, 0.5) is 0 Å². The number of aromatic nitrogens is 2. The minimum Gasteiger partial charge on any atom is -0.298 e. The zero-order valence-corrected chi connectivity index (χ0v) is 5.02. The normalized spacial score (nSPS) is 8.80. The predicted molar refractivity (Wildman–Crippen MR) is 32.8 cm³/mol. The number of rotatable bonds is 2. The van der Waals surface area contributed by atoms with Crippen LogP contribution in [0.1, 0.15) is 20.7 Å². The van der Waals surface area contributed by atoms with E-state index in [1.165, 1.54) is 12.4 Å². The average molecular weight is 136 g/mol. The lowest BCUT2D eigenvalue weighted by Gasteiger charge is -1.89. The topological polar surface area (TPSA) is 59.9 Å². The third kappa shape index (κ3) is 1.05. The summed E-state index contributed by atoms with van der Waals surface area (Å²) in [6.07, 6.45) is 3.63. The van der Waals surface area contributed by atoms with Crippen molar-refractivity contribution < 1.29 is 9.59 Å². The summed E-state index contributed by atoms with van der Waals surface area (Å²) in [5, 5.41) is 6.85. The standard InChI is InChI=1S/C6H4N2O2/c9-3-5-1-7-8-2-6(5)4-10/h1-4H. The second-order valence-corrected chi connectivity index (χ2v) is 1.64. The van der Waals surface area contributed by atoms with Crippen molar-refractivity contribution in [2.45, 2.75) is 0 Å². The summed E-state index contributed by atoms with van der Waals surface area (Å²) in [5.41, 5.74) is 0.537. The highest BCUT2D eigenvalue weighted by molar-refractivity contribution is 5.89. The van der Waals surface area contributed by atoms with Gasteiger partial charge in [-0.2, -0.15) is 10.2 Å². The van der Waals surface area contributed by atoms with E-state index >= 15 is 0 Å². The number of carbonyl (C=O) groups excluding carboxylic acids is 2. The highest BCUT2D eigenvalue weighted by Gasteiger charge is 1.97. The minimum absolute atomic E-state index is 0.269. The van der Waals surface area contributed by atoms with Gasteiger partial charge in [0.25, 0.3) is 0 Å². The van der Waals surface area contributed by atoms with Gasteiger partial charge in [-0.1, -0.05) is 0 Å². The molecule has 1 heterocycles. The van der Waals surface area contributed by atoms with Crippen LogP contribution in [0.25, 0.3) is 0 Å². The lowest BCUT2D eigenvalue weighted by molar-refractivity contribution is 0.109. The maximum absolute atomic E-state index is 10.2. The van der Waals surface area contributed by atoms with Gasteiger partial charge in [0.2, 0.25) is 0 Å². The molecule has 0 unspecified atom stereocenters. The molecule has 1 rings (SSSR count). The van der Waals surface area contributed by atoms with E-state index in [0.29, 0.717) is 12.6 Å². The first-order valence-electron chi connectivity index (χ1n) is 2.59. The molecule has 0 aliphatic heterocycles. The van der Waals surface area contributed by atoms with Crippen LogP contribution >= 0.6 is 0 Å². The molecular weight excluding hydrogens is 132 g/mol. The highest BCUT2D eigenvalue weighted by atomic mass is 16.1. The minimum atomic E-state index is 0.269. The van der Waals surface area contributed by atoms with E-state index in [4.69, 9.17) is 0 Å². The zero-order valence-electron chi connectivity index (χ0n) is 5.02. The van der Waals surface area contributed by atoms with Gasteiger partial charge in [0.1, 0.15) is 0 Å². The molecule has 0 fully saturated rings. The summed E-state index contributed by atoms with van der Waals surface area (Å²) in [4.78, 5) is 20.3. The third-order valence-corrected chi connectivity index (χ3v) is 1.05. The van der Waals surface area contributed by atoms with Crippen LogP contribution in [-0.4, -0.2) is 22.8 Å². The van der Waals surface area contributed by atoms with Gasteiger partial charge in [-0.3, -0.25) is 9.59 Å². The lowest BCUT2D eigenvalue weighted by Crippen LogP contribution is -1.93. The SMILES string of the molecule is O=Cc1cnncc1C=O. The first kappa shape index (κ1) is 6.54. The molecule has 50 valence electrons. The van der Waals surface area contributed by atoms with E-state index in [1.54, 1.807) is 0 Å². The molecule has 0 radical (unpaired) electrons. The van der Waals surface area contributed by atoms with Crippen LogP contribution in [-0.2, 0) is 0 Å². The predicted octanol–water partition coefficient (Wildman–Crippen LogP) is 0.102. The largest absolute Gasteiger partial charge is 0.298 e. The fraction of sp³-hybridized carbons (Fsp3) is 0. The maximum atomic E-state index is 10.2. The van der Waals surface area contributed by atoms with Crippen LogP contribution in [0.5, 0.6) is 0 Å². The van der Waals surface area contributed by atoms with Gasteiger partial charge in [-0.15, -0.1) is 0 Å². The third-order valence-electron chi connectivity index (χ3n) is 1.05.